The summed E-state index contributed by atoms with van der Waals surface area (Å²) in [6.45, 7) is 6.77. The molecule has 3 rings (SSSR count). The number of rotatable bonds is 5. The van der Waals surface area contributed by atoms with Gasteiger partial charge in [-0.15, -0.1) is 0 Å². The van der Waals surface area contributed by atoms with Crippen molar-refractivity contribution in [2.45, 2.75) is 38.3 Å². The van der Waals surface area contributed by atoms with Crippen LogP contribution >= 0.6 is 15.9 Å². The van der Waals surface area contributed by atoms with E-state index >= 15 is 0 Å². The minimum atomic E-state index is 0.520. The van der Waals surface area contributed by atoms with E-state index in [2.05, 4.69) is 72.7 Å². The van der Waals surface area contributed by atoms with E-state index in [0.717, 1.165) is 42.5 Å². The average molecular weight is 436 g/mol. The van der Waals surface area contributed by atoms with Crippen molar-refractivity contribution in [3.05, 3.63) is 34.3 Å². The summed E-state index contributed by atoms with van der Waals surface area (Å²) in [5.74, 6) is 1.70. The zero-order chi connectivity index (χ0) is 19.1. The van der Waals surface area contributed by atoms with Gasteiger partial charge in [0.1, 0.15) is 0 Å². The number of halogens is 1. The van der Waals surface area contributed by atoms with E-state index in [1.54, 1.807) is 0 Å². The highest BCUT2D eigenvalue weighted by Crippen LogP contribution is 2.17. The molecule has 1 aromatic rings. The fraction of sp³-hybridized carbons (Fsp3) is 0.667. The predicted octanol–water partition coefficient (Wildman–Crippen LogP) is 2.92. The number of guanidine groups is 1. The maximum absolute atomic E-state index is 4.44. The minimum absolute atomic E-state index is 0.520. The smallest absolute Gasteiger partial charge is 0.191 e. The summed E-state index contributed by atoms with van der Waals surface area (Å²) in [5.41, 5.74) is 1.39. The largest absolute Gasteiger partial charge is 0.356 e. The van der Waals surface area contributed by atoms with E-state index in [-0.39, 0.29) is 0 Å². The topological polar surface area (TPSA) is 42.9 Å². The van der Waals surface area contributed by atoms with Gasteiger partial charge in [0.2, 0.25) is 0 Å². The predicted molar refractivity (Wildman–Crippen MR) is 117 cm³/mol. The zero-order valence-corrected chi connectivity index (χ0v) is 18.3. The summed E-state index contributed by atoms with van der Waals surface area (Å²) in [5, 5.41) is 7.20. The number of aliphatic imine (C=N–C) groups is 1. The molecular weight excluding hydrogens is 402 g/mol. The molecule has 0 bridgehead atoms. The molecule has 0 radical (unpaired) electrons. The molecule has 6 heteroatoms. The molecule has 5 nitrogen and oxygen atoms in total. The summed E-state index contributed by atoms with van der Waals surface area (Å²) in [6, 6.07) is 9.20. The Kier molecular flexibility index (Phi) is 7.97. The van der Waals surface area contributed by atoms with E-state index in [4.69, 9.17) is 0 Å². The first-order chi connectivity index (χ1) is 13.1. The molecule has 0 spiro atoms. The van der Waals surface area contributed by atoms with Gasteiger partial charge in [0.25, 0.3) is 0 Å². The second-order valence-corrected chi connectivity index (χ2v) is 8.96. The fourth-order valence-electron chi connectivity index (χ4n) is 4.15. The lowest BCUT2D eigenvalue weighted by molar-refractivity contribution is 0.197. The Labute approximate surface area is 172 Å². The monoisotopic (exact) mass is 435 g/mol. The second kappa shape index (κ2) is 10.4. The minimum Gasteiger partial charge on any atom is -0.356 e. The van der Waals surface area contributed by atoms with Crippen molar-refractivity contribution in [2.24, 2.45) is 10.9 Å². The quantitative estimate of drug-likeness (QED) is 0.550. The van der Waals surface area contributed by atoms with Gasteiger partial charge >= 0.3 is 0 Å². The molecule has 2 aliphatic rings. The Balaban J connectivity index is 1.37. The lowest BCUT2D eigenvalue weighted by Gasteiger charge is -2.34. The number of hydrogen-bond acceptors (Lipinski definition) is 3. The van der Waals surface area contributed by atoms with Crippen molar-refractivity contribution in [1.82, 2.24) is 20.4 Å². The SMILES string of the molecule is CN=C(NCC1CCCN(C)C1)NC1CCN(Cc2ccc(Br)cc2)CC1. The van der Waals surface area contributed by atoms with Gasteiger partial charge in [0.15, 0.2) is 5.96 Å². The van der Waals surface area contributed by atoms with Gasteiger partial charge in [-0.05, 0) is 62.9 Å². The molecule has 2 saturated heterocycles. The van der Waals surface area contributed by atoms with Crippen LogP contribution in [-0.2, 0) is 6.54 Å². The van der Waals surface area contributed by atoms with E-state index < -0.39 is 0 Å². The second-order valence-electron chi connectivity index (χ2n) is 8.04. The van der Waals surface area contributed by atoms with Crippen molar-refractivity contribution in [3.8, 4) is 0 Å². The van der Waals surface area contributed by atoms with Gasteiger partial charge in [0, 0.05) is 50.3 Å². The number of likely N-dealkylation sites (tertiary alicyclic amines) is 2. The van der Waals surface area contributed by atoms with Gasteiger partial charge in [0.05, 0.1) is 0 Å². The Morgan fingerprint density at radius 3 is 2.56 bits per heavy atom. The van der Waals surface area contributed by atoms with Crippen LogP contribution in [0.1, 0.15) is 31.2 Å². The Bertz CT molecular complexity index is 595. The summed E-state index contributed by atoms with van der Waals surface area (Å²) >= 11 is 3.51. The highest BCUT2D eigenvalue weighted by molar-refractivity contribution is 9.10. The van der Waals surface area contributed by atoms with Gasteiger partial charge in [-0.3, -0.25) is 9.89 Å². The van der Waals surface area contributed by atoms with E-state index in [1.165, 1.54) is 44.3 Å². The standard InChI is InChI=1S/C21H34BrN5/c1-23-21(24-14-18-4-3-11-26(2)15-18)25-20-9-12-27(13-10-20)16-17-5-7-19(22)8-6-17/h5-8,18,20H,3-4,9-16H2,1-2H3,(H2,23,24,25). The number of nitrogens with one attached hydrogen (secondary N) is 2. The maximum Gasteiger partial charge on any atom is 0.191 e. The summed E-state index contributed by atoms with van der Waals surface area (Å²) < 4.78 is 1.15. The van der Waals surface area contributed by atoms with Crippen molar-refractivity contribution in [1.29, 1.82) is 0 Å². The van der Waals surface area contributed by atoms with Crippen molar-refractivity contribution in [3.63, 3.8) is 0 Å². The highest BCUT2D eigenvalue weighted by Gasteiger charge is 2.21. The Morgan fingerprint density at radius 2 is 1.89 bits per heavy atom. The number of nitrogens with zero attached hydrogens (tertiary/aromatic N) is 3. The van der Waals surface area contributed by atoms with Crippen LogP contribution in [0.15, 0.2) is 33.7 Å². The molecule has 150 valence electrons. The van der Waals surface area contributed by atoms with Crippen molar-refractivity contribution < 1.29 is 0 Å². The number of benzene rings is 1. The van der Waals surface area contributed by atoms with Crippen molar-refractivity contribution in [2.75, 3.05) is 46.8 Å². The van der Waals surface area contributed by atoms with E-state index in [9.17, 15) is 0 Å². The molecule has 2 N–H and O–H groups in total. The molecule has 0 amide bonds. The lowest BCUT2D eigenvalue weighted by Crippen LogP contribution is -2.50. The molecule has 0 aliphatic carbocycles. The van der Waals surface area contributed by atoms with Crippen LogP contribution in [-0.4, -0.2) is 68.6 Å². The third-order valence-electron chi connectivity index (χ3n) is 5.75. The molecule has 2 fully saturated rings. The van der Waals surface area contributed by atoms with Crippen LogP contribution < -0.4 is 10.6 Å². The highest BCUT2D eigenvalue weighted by atomic mass is 79.9. The summed E-state index contributed by atoms with van der Waals surface area (Å²) in [4.78, 5) is 9.43. The average Bonchev–Trinajstić information content (AvgIpc) is 2.68. The first kappa shape index (κ1) is 20.6. The van der Waals surface area contributed by atoms with Crippen molar-refractivity contribution >= 4 is 21.9 Å². The molecule has 1 aromatic carbocycles. The van der Waals surface area contributed by atoms with Crippen LogP contribution in [0.5, 0.6) is 0 Å². The number of piperidine rings is 2. The third kappa shape index (κ3) is 6.77. The van der Waals surface area contributed by atoms with Crippen LogP contribution in [0.2, 0.25) is 0 Å². The normalized spacial score (nSPS) is 23.4. The van der Waals surface area contributed by atoms with Gasteiger partial charge in [-0.25, -0.2) is 0 Å². The van der Waals surface area contributed by atoms with Crippen LogP contribution in [0.4, 0.5) is 0 Å². The van der Waals surface area contributed by atoms with Crippen LogP contribution in [0, 0.1) is 5.92 Å². The lowest BCUT2D eigenvalue weighted by atomic mass is 9.98. The van der Waals surface area contributed by atoms with Gasteiger partial charge in [-0.2, -0.15) is 0 Å². The molecule has 1 atom stereocenters. The fourth-order valence-corrected chi connectivity index (χ4v) is 4.42. The zero-order valence-electron chi connectivity index (χ0n) is 16.8. The molecule has 2 heterocycles. The molecule has 2 aliphatic heterocycles. The van der Waals surface area contributed by atoms with Gasteiger partial charge < -0.3 is 15.5 Å². The molecule has 1 unspecified atom stereocenters. The Morgan fingerprint density at radius 1 is 1.15 bits per heavy atom. The molecular formula is C21H34BrN5. The molecule has 27 heavy (non-hydrogen) atoms. The van der Waals surface area contributed by atoms with Crippen LogP contribution in [0.3, 0.4) is 0 Å². The first-order valence-corrected chi connectivity index (χ1v) is 11.0. The number of hydrogen-bond donors (Lipinski definition) is 2. The molecule has 0 saturated carbocycles. The maximum atomic E-state index is 4.44. The van der Waals surface area contributed by atoms with Gasteiger partial charge in [-0.1, -0.05) is 28.1 Å². The van der Waals surface area contributed by atoms with E-state index in [1.807, 2.05) is 7.05 Å². The summed E-state index contributed by atoms with van der Waals surface area (Å²) in [6.07, 6.45) is 4.97. The summed E-state index contributed by atoms with van der Waals surface area (Å²) in [7, 11) is 4.10. The Hall–Kier alpha value is -1.11. The van der Waals surface area contributed by atoms with Crippen LogP contribution in [0.25, 0.3) is 0 Å². The first-order valence-electron chi connectivity index (χ1n) is 10.2. The third-order valence-corrected chi connectivity index (χ3v) is 6.28. The van der Waals surface area contributed by atoms with E-state index in [0.29, 0.717) is 6.04 Å². The molecule has 0 aromatic heterocycles.